The van der Waals surface area contributed by atoms with E-state index in [1.807, 2.05) is 30.3 Å². The highest BCUT2D eigenvalue weighted by Gasteiger charge is 2.24. The molecule has 0 aromatic heterocycles. The number of hydrogen-bond donors (Lipinski definition) is 1. The van der Waals surface area contributed by atoms with E-state index in [1.54, 1.807) is 0 Å². The Morgan fingerprint density at radius 1 is 0.903 bits per heavy atom. The summed E-state index contributed by atoms with van der Waals surface area (Å²) in [6, 6.07) is 31.3. The fraction of sp³-hybridized carbons (Fsp3) is 0.250. The van der Waals surface area contributed by atoms with Crippen LogP contribution in [0.25, 0.3) is 0 Å². The molecule has 4 rings (SSSR count). The smallest absolute Gasteiger partial charge is 0.296 e. The normalized spacial score (nSPS) is 16.0. The minimum absolute atomic E-state index is 0.171. The number of carbonyl (C=O) groups is 1. The molecule has 1 aliphatic rings. The number of nitrogens with one attached hydrogen (secondary N) is 1. The molecule has 1 aliphatic heterocycles. The van der Waals surface area contributed by atoms with E-state index in [0.717, 1.165) is 38.0 Å². The van der Waals surface area contributed by atoms with Gasteiger partial charge in [-0.1, -0.05) is 84.8 Å². The summed E-state index contributed by atoms with van der Waals surface area (Å²) >= 11 is 0. The van der Waals surface area contributed by atoms with Crippen LogP contribution in [0.3, 0.4) is 0 Å². The average molecular weight is 409 g/mol. The predicted molar refractivity (Wildman–Crippen MR) is 126 cm³/mol. The molecule has 3 heteroatoms. The molecule has 1 amide bonds. The van der Waals surface area contributed by atoms with E-state index < -0.39 is 0 Å². The molecule has 1 heterocycles. The first-order valence-corrected chi connectivity index (χ1v) is 11.0. The summed E-state index contributed by atoms with van der Waals surface area (Å²) in [4.78, 5) is 14.7. The molecule has 0 aliphatic carbocycles. The molecule has 1 unspecified atom stereocenters. The second-order valence-corrected chi connectivity index (χ2v) is 8.04. The molecule has 0 spiro atoms. The van der Waals surface area contributed by atoms with Crippen molar-refractivity contribution in [3.63, 3.8) is 0 Å². The Morgan fingerprint density at radius 3 is 2.10 bits per heavy atom. The Labute approximate surface area is 185 Å². The molecular weight excluding hydrogens is 380 g/mol. The summed E-state index contributed by atoms with van der Waals surface area (Å²) in [7, 11) is 0. The van der Waals surface area contributed by atoms with Gasteiger partial charge < -0.3 is 10.2 Å². The van der Waals surface area contributed by atoms with E-state index >= 15 is 0 Å². The largest absolute Gasteiger partial charge is 0.341 e. The van der Waals surface area contributed by atoms with E-state index in [0.29, 0.717) is 5.92 Å². The van der Waals surface area contributed by atoms with Crippen molar-refractivity contribution in [2.24, 2.45) is 0 Å². The molecule has 0 radical (unpaired) electrons. The minimum atomic E-state index is -0.192. The number of amides is 1. The van der Waals surface area contributed by atoms with Crippen LogP contribution in [0.1, 0.15) is 35.4 Å². The van der Waals surface area contributed by atoms with Crippen LogP contribution in [0.4, 0.5) is 0 Å². The van der Waals surface area contributed by atoms with Crippen molar-refractivity contribution in [3.05, 3.63) is 108 Å². The SMILES string of the molecule is O=C(C#Cc1ccccc1)NC1CCN(CCC(c2ccccc2)c2ccccc2)C1. The number of carbonyl (C=O) groups excluding carboxylic acids is 1. The lowest BCUT2D eigenvalue weighted by molar-refractivity contribution is -0.116. The molecule has 1 atom stereocenters. The quantitative estimate of drug-likeness (QED) is 0.611. The van der Waals surface area contributed by atoms with E-state index in [4.69, 9.17) is 0 Å². The van der Waals surface area contributed by atoms with Gasteiger partial charge in [0.15, 0.2) is 0 Å². The molecule has 31 heavy (non-hydrogen) atoms. The molecule has 3 aromatic carbocycles. The Balaban J connectivity index is 1.31. The van der Waals surface area contributed by atoms with Crippen molar-refractivity contribution >= 4 is 5.91 Å². The lowest BCUT2D eigenvalue weighted by Gasteiger charge is -2.22. The number of nitrogens with zero attached hydrogens (tertiary/aromatic N) is 1. The topological polar surface area (TPSA) is 32.3 Å². The van der Waals surface area contributed by atoms with E-state index in [2.05, 4.69) is 82.7 Å². The summed E-state index contributed by atoms with van der Waals surface area (Å²) in [5.41, 5.74) is 3.57. The van der Waals surface area contributed by atoms with Crippen LogP contribution in [0, 0.1) is 11.8 Å². The number of hydrogen-bond acceptors (Lipinski definition) is 2. The highest BCUT2D eigenvalue weighted by Crippen LogP contribution is 2.28. The van der Waals surface area contributed by atoms with Gasteiger partial charge in [0.05, 0.1) is 0 Å². The molecule has 1 saturated heterocycles. The third-order valence-corrected chi connectivity index (χ3v) is 5.84. The Hall–Kier alpha value is -3.35. The first-order valence-electron chi connectivity index (χ1n) is 11.0. The molecule has 3 nitrogen and oxygen atoms in total. The van der Waals surface area contributed by atoms with Crippen molar-refractivity contribution in [1.29, 1.82) is 0 Å². The van der Waals surface area contributed by atoms with Gasteiger partial charge >= 0.3 is 0 Å². The third kappa shape index (κ3) is 6.07. The Bertz CT molecular complexity index is 983. The van der Waals surface area contributed by atoms with Gasteiger partial charge in [0.1, 0.15) is 0 Å². The van der Waals surface area contributed by atoms with E-state index in [1.165, 1.54) is 11.1 Å². The summed E-state index contributed by atoms with van der Waals surface area (Å²) < 4.78 is 0. The summed E-state index contributed by atoms with van der Waals surface area (Å²) in [5, 5.41) is 3.08. The van der Waals surface area contributed by atoms with Crippen LogP contribution in [0.5, 0.6) is 0 Å². The molecule has 0 saturated carbocycles. The number of rotatable bonds is 6. The molecular formula is C28H28N2O. The van der Waals surface area contributed by atoms with Crippen LogP contribution < -0.4 is 5.32 Å². The standard InChI is InChI=1S/C28H28N2O/c31-28(17-16-23-10-4-1-5-11-23)29-26-18-20-30(22-26)21-19-27(24-12-6-2-7-13-24)25-14-8-3-9-15-25/h1-15,26-27H,18-22H2,(H,29,31). The minimum Gasteiger partial charge on any atom is -0.341 e. The zero-order chi connectivity index (χ0) is 21.3. The van der Waals surface area contributed by atoms with Crippen LogP contribution >= 0.6 is 0 Å². The Kier molecular flexibility index (Phi) is 7.16. The van der Waals surface area contributed by atoms with Gasteiger partial charge in [0.2, 0.25) is 0 Å². The van der Waals surface area contributed by atoms with Gasteiger partial charge in [0, 0.05) is 36.5 Å². The second-order valence-electron chi connectivity index (χ2n) is 8.04. The Morgan fingerprint density at radius 2 is 1.48 bits per heavy atom. The maximum absolute atomic E-state index is 12.2. The van der Waals surface area contributed by atoms with Gasteiger partial charge in [0.25, 0.3) is 5.91 Å². The second kappa shape index (κ2) is 10.6. The first-order chi connectivity index (χ1) is 15.3. The van der Waals surface area contributed by atoms with Crippen molar-refractivity contribution in [2.75, 3.05) is 19.6 Å². The summed E-state index contributed by atoms with van der Waals surface area (Å²) in [6.45, 7) is 2.90. The van der Waals surface area contributed by atoms with Crippen LogP contribution in [0.2, 0.25) is 0 Å². The van der Waals surface area contributed by atoms with Gasteiger partial charge in [-0.3, -0.25) is 4.79 Å². The van der Waals surface area contributed by atoms with Gasteiger partial charge in [-0.2, -0.15) is 0 Å². The maximum atomic E-state index is 12.2. The van der Waals surface area contributed by atoms with Crippen molar-refractivity contribution < 1.29 is 4.79 Å². The van der Waals surface area contributed by atoms with Gasteiger partial charge in [-0.25, -0.2) is 0 Å². The zero-order valence-corrected chi connectivity index (χ0v) is 17.7. The fourth-order valence-electron chi connectivity index (χ4n) is 4.23. The molecule has 3 aromatic rings. The zero-order valence-electron chi connectivity index (χ0n) is 17.7. The molecule has 156 valence electrons. The first kappa shape index (κ1) is 20.9. The van der Waals surface area contributed by atoms with E-state index in [9.17, 15) is 4.79 Å². The van der Waals surface area contributed by atoms with Gasteiger partial charge in [-0.05, 0) is 42.6 Å². The number of benzene rings is 3. The van der Waals surface area contributed by atoms with E-state index in [-0.39, 0.29) is 11.9 Å². The summed E-state index contributed by atoms with van der Waals surface area (Å²) in [5.74, 6) is 5.84. The van der Waals surface area contributed by atoms with Crippen LogP contribution in [0.15, 0.2) is 91.0 Å². The predicted octanol–water partition coefficient (Wildman–Crippen LogP) is 4.45. The highest BCUT2D eigenvalue weighted by molar-refractivity contribution is 5.94. The lowest BCUT2D eigenvalue weighted by atomic mass is 9.88. The fourth-order valence-corrected chi connectivity index (χ4v) is 4.23. The molecule has 1 fully saturated rings. The highest BCUT2D eigenvalue weighted by atomic mass is 16.1. The molecule has 1 N–H and O–H groups in total. The van der Waals surface area contributed by atoms with Crippen molar-refractivity contribution in [2.45, 2.75) is 24.8 Å². The number of likely N-dealkylation sites (tertiary alicyclic amines) is 1. The third-order valence-electron chi connectivity index (χ3n) is 5.84. The maximum Gasteiger partial charge on any atom is 0.296 e. The average Bonchev–Trinajstić information content (AvgIpc) is 3.27. The van der Waals surface area contributed by atoms with Crippen molar-refractivity contribution in [1.82, 2.24) is 10.2 Å². The van der Waals surface area contributed by atoms with Gasteiger partial charge in [-0.15, -0.1) is 0 Å². The van der Waals surface area contributed by atoms with Crippen LogP contribution in [-0.2, 0) is 4.79 Å². The monoisotopic (exact) mass is 408 g/mol. The molecule has 0 bridgehead atoms. The van der Waals surface area contributed by atoms with Crippen LogP contribution in [-0.4, -0.2) is 36.5 Å². The lowest BCUT2D eigenvalue weighted by Crippen LogP contribution is -2.36. The van der Waals surface area contributed by atoms with Crippen molar-refractivity contribution in [3.8, 4) is 11.8 Å². The summed E-state index contributed by atoms with van der Waals surface area (Å²) in [6.07, 6.45) is 2.03.